The minimum absolute atomic E-state index is 0.0204. The van der Waals surface area contributed by atoms with Crippen LogP contribution in [0, 0.1) is 19.7 Å². The van der Waals surface area contributed by atoms with Gasteiger partial charge in [0.05, 0.1) is 4.90 Å². The van der Waals surface area contributed by atoms with Gasteiger partial charge in [-0.25, -0.2) is 12.8 Å². The van der Waals surface area contributed by atoms with Crippen LogP contribution in [0.15, 0.2) is 47.4 Å². The zero-order valence-corrected chi connectivity index (χ0v) is 16.7. The molecule has 150 valence electrons. The van der Waals surface area contributed by atoms with Gasteiger partial charge in [0, 0.05) is 26.2 Å². The van der Waals surface area contributed by atoms with Crippen molar-refractivity contribution in [1.82, 2.24) is 9.21 Å². The maximum Gasteiger partial charge on any atom is 0.260 e. The van der Waals surface area contributed by atoms with Crippen LogP contribution in [-0.4, -0.2) is 56.3 Å². The molecule has 6 nitrogen and oxygen atoms in total. The molecule has 8 heteroatoms. The number of rotatable bonds is 5. The summed E-state index contributed by atoms with van der Waals surface area (Å²) in [4.78, 5) is 14.2. The lowest BCUT2D eigenvalue weighted by Crippen LogP contribution is -2.51. The molecule has 1 saturated heterocycles. The minimum Gasteiger partial charge on any atom is -0.481 e. The van der Waals surface area contributed by atoms with Crippen molar-refractivity contribution in [3.63, 3.8) is 0 Å². The SMILES string of the molecule is Cc1ccc(C)c(S(=O)(=O)N2CCN(C(=O)COc3ccccc3F)CC2)c1. The molecular weight excluding hydrogens is 383 g/mol. The van der Waals surface area contributed by atoms with Crippen molar-refractivity contribution in [3.05, 3.63) is 59.4 Å². The third-order valence-corrected chi connectivity index (χ3v) is 6.78. The van der Waals surface area contributed by atoms with Gasteiger partial charge in [-0.1, -0.05) is 24.3 Å². The summed E-state index contributed by atoms with van der Waals surface area (Å²) in [6, 6.07) is 11.2. The summed E-state index contributed by atoms with van der Waals surface area (Å²) in [7, 11) is -3.61. The van der Waals surface area contributed by atoms with Crippen LogP contribution in [0.2, 0.25) is 0 Å². The molecular formula is C20H23FN2O4S. The summed E-state index contributed by atoms with van der Waals surface area (Å²) in [5, 5.41) is 0. The van der Waals surface area contributed by atoms with Gasteiger partial charge >= 0.3 is 0 Å². The molecule has 28 heavy (non-hydrogen) atoms. The van der Waals surface area contributed by atoms with Crippen LogP contribution in [-0.2, 0) is 14.8 Å². The van der Waals surface area contributed by atoms with E-state index in [0.717, 1.165) is 5.56 Å². The maximum absolute atomic E-state index is 13.6. The fourth-order valence-electron chi connectivity index (χ4n) is 3.09. The number of piperazine rings is 1. The molecule has 0 aromatic heterocycles. The lowest BCUT2D eigenvalue weighted by molar-refractivity contribution is -0.134. The Morgan fingerprint density at radius 2 is 1.75 bits per heavy atom. The Kier molecular flexibility index (Phi) is 6.00. The second-order valence-corrected chi connectivity index (χ2v) is 8.68. The van der Waals surface area contributed by atoms with E-state index in [1.807, 2.05) is 13.0 Å². The van der Waals surface area contributed by atoms with Crippen molar-refractivity contribution in [1.29, 1.82) is 0 Å². The van der Waals surface area contributed by atoms with Crippen LogP contribution < -0.4 is 4.74 Å². The van der Waals surface area contributed by atoms with Gasteiger partial charge in [0.25, 0.3) is 5.91 Å². The molecule has 0 saturated carbocycles. The van der Waals surface area contributed by atoms with Gasteiger partial charge in [-0.2, -0.15) is 4.31 Å². The Labute approximate surface area is 164 Å². The summed E-state index contributed by atoms with van der Waals surface area (Å²) in [5.41, 5.74) is 1.57. The Morgan fingerprint density at radius 3 is 2.43 bits per heavy atom. The van der Waals surface area contributed by atoms with Crippen LogP contribution in [0.1, 0.15) is 11.1 Å². The van der Waals surface area contributed by atoms with E-state index in [1.54, 1.807) is 31.2 Å². The second kappa shape index (κ2) is 8.28. The van der Waals surface area contributed by atoms with E-state index in [9.17, 15) is 17.6 Å². The fraction of sp³-hybridized carbons (Fsp3) is 0.350. The first-order valence-electron chi connectivity index (χ1n) is 9.01. The zero-order valence-electron chi connectivity index (χ0n) is 15.9. The quantitative estimate of drug-likeness (QED) is 0.765. The fourth-order valence-corrected chi connectivity index (χ4v) is 4.83. The average Bonchev–Trinajstić information content (AvgIpc) is 2.69. The molecule has 0 N–H and O–H groups in total. The monoisotopic (exact) mass is 406 g/mol. The number of sulfonamides is 1. The molecule has 1 fully saturated rings. The van der Waals surface area contributed by atoms with Gasteiger partial charge in [-0.3, -0.25) is 4.79 Å². The normalized spacial score (nSPS) is 15.5. The van der Waals surface area contributed by atoms with E-state index >= 15 is 0 Å². The smallest absolute Gasteiger partial charge is 0.260 e. The van der Waals surface area contributed by atoms with Crippen molar-refractivity contribution in [2.75, 3.05) is 32.8 Å². The van der Waals surface area contributed by atoms with E-state index < -0.39 is 15.8 Å². The summed E-state index contributed by atoms with van der Waals surface area (Å²) in [6.45, 7) is 4.29. The number of aryl methyl sites for hydroxylation is 2. The number of hydrogen-bond donors (Lipinski definition) is 0. The number of hydrogen-bond acceptors (Lipinski definition) is 4. The van der Waals surface area contributed by atoms with Crippen molar-refractivity contribution in [3.8, 4) is 5.75 Å². The van der Waals surface area contributed by atoms with Crippen molar-refractivity contribution >= 4 is 15.9 Å². The standard InChI is InChI=1S/C20H23FN2O4S/c1-15-7-8-16(2)19(13-15)28(25,26)23-11-9-22(10-12-23)20(24)14-27-18-6-4-3-5-17(18)21/h3-8,13H,9-12,14H2,1-2H3. The number of ether oxygens (including phenoxy) is 1. The molecule has 2 aromatic rings. The van der Waals surface area contributed by atoms with Gasteiger partial charge in [0.15, 0.2) is 18.2 Å². The lowest BCUT2D eigenvalue weighted by Gasteiger charge is -2.34. The Bertz CT molecular complexity index is 970. The Morgan fingerprint density at radius 1 is 1.07 bits per heavy atom. The highest BCUT2D eigenvalue weighted by atomic mass is 32.2. The van der Waals surface area contributed by atoms with Gasteiger partial charge in [-0.05, 0) is 43.2 Å². The first-order valence-corrected chi connectivity index (χ1v) is 10.5. The van der Waals surface area contributed by atoms with Gasteiger partial charge in [0.2, 0.25) is 10.0 Å². The van der Waals surface area contributed by atoms with Gasteiger partial charge in [0.1, 0.15) is 0 Å². The van der Waals surface area contributed by atoms with E-state index in [1.165, 1.54) is 21.3 Å². The molecule has 1 aliphatic rings. The predicted octanol–water partition coefficient (Wildman–Crippen LogP) is 2.35. The molecule has 3 rings (SSSR count). The van der Waals surface area contributed by atoms with E-state index in [4.69, 9.17) is 4.74 Å². The highest BCUT2D eigenvalue weighted by Gasteiger charge is 2.31. The topological polar surface area (TPSA) is 66.9 Å². The van der Waals surface area contributed by atoms with Crippen LogP contribution in [0.3, 0.4) is 0 Å². The second-order valence-electron chi connectivity index (χ2n) is 6.77. The van der Waals surface area contributed by atoms with E-state index in [2.05, 4.69) is 0 Å². The summed E-state index contributed by atoms with van der Waals surface area (Å²) < 4.78 is 46.1. The lowest BCUT2D eigenvalue weighted by atomic mass is 10.2. The number of para-hydroxylation sites is 1. The third kappa shape index (κ3) is 4.34. The summed E-state index contributed by atoms with van der Waals surface area (Å²) >= 11 is 0. The van der Waals surface area contributed by atoms with Crippen LogP contribution in [0.25, 0.3) is 0 Å². The number of amides is 1. The number of nitrogens with zero attached hydrogens (tertiary/aromatic N) is 2. The van der Waals surface area contributed by atoms with Gasteiger partial charge in [-0.15, -0.1) is 0 Å². The van der Waals surface area contributed by atoms with E-state index in [-0.39, 0.29) is 44.4 Å². The maximum atomic E-state index is 13.6. The van der Waals surface area contributed by atoms with Crippen LogP contribution in [0.5, 0.6) is 5.75 Å². The van der Waals surface area contributed by atoms with Crippen molar-refractivity contribution in [2.45, 2.75) is 18.7 Å². The molecule has 0 bridgehead atoms. The van der Waals surface area contributed by atoms with Crippen LogP contribution >= 0.6 is 0 Å². The minimum atomic E-state index is -3.61. The molecule has 1 amide bonds. The van der Waals surface area contributed by atoms with Crippen LogP contribution in [0.4, 0.5) is 4.39 Å². The molecule has 0 spiro atoms. The van der Waals surface area contributed by atoms with E-state index in [0.29, 0.717) is 10.5 Å². The van der Waals surface area contributed by atoms with Crippen molar-refractivity contribution in [2.24, 2.45) is 0 Å². The molecule has 0 aliphatic carbocycles. The number of benzene rings is 2. The number of halogens is 1. The predicted molar refractivity (Wildman–Crippen MR) is 103 cm³/mol. The number of carbonyl (C=O) groups is 1. The molecule has 1 heterocycles. The largest absolute Gasteiger partial charge is 0.481 e. The number of carbonyl (C=O) groups excluding carboxylic acids is 1. The summed E-state index contributed by atoms with van der Waals surface area (Å²) in [5.74, 6) is -0.807. The molecule has 1 aliphatic heterocycles. The Hall–Kier alpha value is -2.45. The molecule has 0 unspecified atom stereocenters. The molecule has 0 radical (unpaired) electrons. The van der Waals surface area contributed by atoms with Gasteiger partial charge < -0.3 is 9.64 Å². The third-order valence-electron chi connectivity index (χ3n) is 4.74. The van der Waals surface area contributed by atoms with Crippen molar-refractivity contribution < 1.29 is 22.3 Å². The highest BCUT2D eigenvalue weighted by Crippen LogP contribution is 2.22. The Balaban J connectivity index is 1.60. The molecule has 0 atom stereocenters. The molecule has 2 aromatic carbocycles. The first-order chi connectivity index (χ1) is 13.3. The first kappa shape index (κ1) is 20.3. The highest BCUT2D eigenvalue weighted by molar-refractivity contribution is 7.89. The average molecular weight is 406 g/mol. The summed E-state index contributed by atoms with van der Waals surface area (Å²) in [6.07, 6.45) is 0. The zero-order chi connectivity index (χ0) is 20.3.